The maximum atomic E-state index is 11.2. The highest BCUT2D eigenvalue weighted by molar-refractivity contribution is 5.73. The van der Waals surface area contributed by atoms with Crippen molar-refractivity contribution in [2.75, 3.05) is 0 Å². The van der Waals surface area contributed by atoms with Gasteiger partial charge < -0.3 is 9.47 Å². The molecule has 0 spiro atoms. The van der Waals surface area contributed by atoms with Crippen LogP contribution in [0, 0.1) is 0 Å². The first-order chi connectivity index (χ1) is 7.16. The van der Waals surface area contributed by atoms with E-state index in [-0.39, 0.29) is 0 Å². The molecule has 4 heteroatoms. The van der Waals surface area contributed by atoms with Gasteiger partial charge in [0, 0.05) is 0 Å². The molecule has 0 saturated heterocycles. The van der Waals surface area contributed by atoms with Crippen molar-refractivity contribution < 1.29 is 14.3 Å². The number of para-hydroxylation sites is 1. The van der Waals surface area contributed by atoms with Crippen LogP contribution in [-0.2, 0) is 4.74 Å². The Bertz CT molecular complexity index is 414. The summed E-state index contributed by atoms with van der Waals surface area (Å²) in [6.07, 6.45) is -1.03. The maximum absolute atomic E-state index is 11.2. The Morgan fingerprint density at radius 2 is 2.27 bits per heavy atom. The molecule has 0 fully saturated rings. The Morgan fingerprint density at radius 3 is 3.00 bits per heavy atom. The zero-order valence-electron chi connectivity index (χ0n) is 8.32. The van der Waals surface area contributed by atoms with E-state index < -0.39 is 12.3 Å². The Morgan fingerprint density at radius 1 is 1.53 bits per heavy atom. The number of amides is 1. The molecule has 0 aromatic heterocycles. The molecule has 0 radical (unpaired) electrons. The van der Waals surface area contributed by atoms with E-state index in [0.717, 1.165) is 5.56 Å². The molecule has 0 bridgehead atoms. The predicted molar refractivity (Wildman–Crippen MR) is 54.2 cm³/mol. The lowest BCUT2D eigenvalue weighted by Gasteiger charge is -2.26. The molecule has 1 amide bonds. The number of benzene rings is 1. The minimum atomic E-state index is -0.514. The summed E-state index contributed by atoms with van der Waals surface area (Å²) in [5, 5.41) is 2.56. The van der Waals surface area contributed by atoms with Gasteiger partial charge in [0.2, 0.25) is 6.23 Å². The molecule has 4 nitrogen and oxygen atoms in total. The lowest BCUT2D eigenvalue weighted by Crippen LogP contribution is -2.36. The van der Waals surface area contributed by atoms with Gasteiger partial charge in [-0.2, -0.15) is 0 Å². The number of ether oxygens (including phenoxy) is 2. The van der Waals surface area contributed by atoms with Crippen LogP contribution in [0.5, 0.6) is 5.75 Å². The lowest BCUT2D eigenvalue weighted by molar-refractivity contribution is 0.0734. The molecule has 0 saturated carbocycles. The van der Waals surface area contributed by atoms with Crippen LogP contribution in [0.1, 0.15) is 18.7 Å². The number of carbonyl (C=O) groups is 1. The van der Waals surface area contributed by atoms with Crippen molar-refractivity contribution in [3.05, 3.63) is 42.2 Å². The van der Waals surface area contributed by atoms with Gasteiger partial charge in [-0.15, -0.1) is 0 Å². The zero-order chi connectivity index (χ0) is 10.8. The van der Waals surface area contributed by atoms with Crippen LogP contribution in [0.25, 0.3) is 0 Å². The van der Waals surface area contributed by atoms with Crippen molar-refractivity contribution in [1.29, 1.82) is 0 Å². The molecular formula is C11H11NO3. The van der Waals surface area contributed by atoms with Crippen LogP contribution < -0.4 is 10.1 Å². The molecule has 1 aliphatic heterocycles. The minimum Gasteiger partial charge on any atom is -0.471 e. The van der Waals surface area contributed by atoms with Crippen LogP contribution in [0.4, 0.5) is 4.79 Å². The van der Waals surface area contributed by atoms with Crippen LogP contribution in [-0.4, -0.2) is 6.09 Å². The monoisotopic (exact) mass is 205 g/mol. The van der Waals surface area contributed by atoms with Gasteiger partial charge in [-0.25, -0.2) is 4.79 Å². The second-order valence-electron chi connectivity index (χ2n) is 3.27. The Hall–Kier alpha value is -1.97. The summed E-state index contributed by atoms with van der Waals surface area (Å²) in [4.78, 5) is 11.2. The predicted octanol–water partition coefficient (Wildman–Crippen LogP) is 2.34. The largest absolute Gasteiger partial charge is 0.471 e. The van der Waals surface area contributed by atoms with Crippen LogP contribution in [0.15, 0.2) is 36.6 Å². The van der Waals surface area contributed by atoms with Crippen LogP contribution in [0.3, 0.4) is 0 Å². The molecule has 1 aliphatic rings. The molecule has 0 aliphatic carbocycles. The second kappa shape index (κ2) is 3.65. The summed E-state index contributed by atoms with van der Waals surface area (Å²) in [5.41, 5.74) is 0.792. The van der Waals surface area contributed by atoms with E-state index in [2.05, 4.69) is 11.9 Å². The van der Waals surface area contributed by atoms with Gasteiger partial charge in [0.05, 0.1) is 11.3 Å². The summed E-state index contributed by atoms with van der Waals surface area (Å²) in [6, 6.07) is 7.22. The summed E-state index contributed by atoms with van der Waals surface area (Å²) < 4.78 is 10.4. The standard InChI is InChI=1S/C11H11NO3/c1-7(2)14-10-8-5-3-4-6-9(8)15-11(13)12-10/h3-6,10H,1H2,2H3,(H,12,13). The SMILES string of the molecule is C=C(C)OC1NC(=O)Oc2ccccc21. The number of carbonyl (C=O) groups excluding carboxylic acids is 1. The van der Waals surface area contributed by atoms with Crippen LogP contribution >= 0.6 is 0 Å². The molecule has 1 heterocycles. The lowest BCUT2D eigenvalue weighted by atomic mass is 10.1. The molecule has 2 rings (SSSR count). The normalized spacial score (nSPS) is 18.5. The molecule has 1 aromatic rings. The number of allylic oxidation sites excluding steroid dienone is 1. The number of fused-ring (bicyclic) bond motifs is 1. The van der Waals surface area contributed by atoms with Gasteiger partial charge in [0.25, 0.3) is 0 Å². The van der Waals surface area contributed by atoms with E-state index in [0.29, 0.717) is 11.5 Å². The Kier molecular flexibility index (Phi) is 2.33. The molecule has 1 unspecified atom stereocenters. The molecular weight excluding hydrogens is 194 g/mol. The van der Waals surface area contributed by atoms with Crippen molar-refractivity contribution in [3.63, 3.8) is 0 Å². The molecule has 78 valence electrons. The summed E-state index contributed by atoms with van der Waals surface area (Å²) in [6.45, 7) is 5.36. The number of rotatable bonds is 2. The first kappa shape index (κ1) is 9.58. The Balaban J connectivity index is 2.33. The van der Waals surface area contributed by atoms with Gasteiger partial charge in [-0.05, 0) is 19.1 Å². The quantitative estimate of drug-likeness (QED) is 0.754. The second-order valence-corrected chi connectivity index (χ2v) is 3.27. The van der Waals surface area contributed by atoms with E-state index in [9.17, 15) is 4.79 Å². The van der Waals surface area contributed by atoms with Gasteiger partial charge in [0.1, 0.15) is 5.75 Å². The fraction of sp³-hybridized carbons (Fsp3) is 0.182. The summed E-state index contributed by atoms with van der Waals surface area (Å²) >= 11 is 0. The number of hydrogen-bond donors (Lipinski definition) is 1. The van der Waals surface area contributed by atoms with E-state index in [1.165, 1.54) is 0 Å². The first-order valence-electron chi connectivity index (χ1n) is 4.56. The van der Waals surface area contributed by atoms with Gasteiger partial charge >= 0.3 is 6.09 Å². The number of hydrogen-bond acceptors (Lipinski definition) is 3. The van der Waals surface area contributed by atoms with Crippen molar-refractivity contribution in [2.45, 2.75) is 13.2 Å². The smallest absolute Gasteiger partial charge is 0.415 e. The van der Waals surface area contributed by atoms with E-state index >= 15 is 0 Å². The zero-order valence-corrected chi connectivity index (χ0v) is 8.32. The van der Waals surface area contributed by atoms with Crippen molar-refractivity contribution in [2.24, 2.45) is 0 Å². The summed E-state index contributed by atoms with van der Waals surface area (Å²) in [5.74, 6) is 1.06. The van der Waals surface area contributed by atoms with Crippen LogP contribution in [0.2, 0.25) is 0 Å². The van der Waals surface area contributed by atoms with Crippen molar-refractivity contribution >= 4 is 6.09 Å². The fourth-order valence-corrected chi connectivity index (χ4v) is 1.40. The highest BCUT2D eigenvalue weighted by Crippen LogP contribution is 2.30. The third-order valence-electron chi connectivity index (χ3n) is 1.97. The molecule has 1 aromatic carbocycles. The van der Waals surface area contributed by atoms with E-state index in [4.69, 9.17) is 9.47 Å². The summed E-state index contributed by atoms with van der Waals surface area (Å²) in [7, 11) is 0. The highest BCUT2D eigenvalue weighted by atomic mass is 16.6. The van der Waals surface area contributed by atoms with Crippen molar-refractivity contribution in [1.82, 2.24) is 5.32 Å². The highest BCUT2D eigenvalue weighted by Gasteiger charge is 2.26. The topological polar surface area (TPSA) is 47.6 Å². The van der Waals surface area contributed by atoms with E-state index in [1.54, 1.807) is 19.1 Å². The maximum Gasteiger partial charge on any atom is 0.415 e. The third-order valence-corrected chi connectivity index (χ3v) is 1.97. The number of nitrogens with one attached hydrogen (secondary N) is 1. The first-order valence-corrected chi connectivity index (χ1v) is 4.56. The van der Waals surface area contributed by atoms with Gasteiger partial charge in [-0.1, -0.05) is 18.7 Å². The molecule has 1 atom stereocenters. The van der Waals surface area contributed by atoms with E-state index in [1.807, 2.05) is 12.1 Å². The molecule has 15 heavy (non-hydrogen) atoms. The fourth-order valence-electron chi connectivity index (χ4n) is 1.40. The average molecular weight is 205 g/mol. The third kappa shape index (κ3) is 1.93. The van der Waals surface area contributed by atoms with Gasteiger partial charge in [-0.3, -0.25) is 5.32 Å². The van der Waals surface area contributed by atoms with Crippen molar-refractivity contribution in [3.8, 4) is 5.75 Å². The Labute approximate surface area is 87.5 Å². The minimum absolute atomic E-state index is 0.514. The average Bonchev–Trinajstić information content (AvgIpc) is 2.16. The molecule has 1 N–H and O–H groups in total. The van der Waals surface area contributed by atoms with Gasteiger partial charge in [0.15, 0.2) is 0 Å².